The van der Waals surface area contributed by atoms with Gasteiger partial charge in [0.05, 0.1) is 15.1 Å². The molecule has 0 aliphatic rings. The molecule has 0 aliphatic carbocycles. The Kier molecular flexibility index (Phi) is 4.66. The molecule has 0 aliphatic heterocycles. The maximum absolute atomic E-state index is 12.2. The number of aromatic hydroxyl groups is 1. The quantitative estimate of drug-likeness (QED) is 0.573. The first-order chi connectivity index (χ1) is 9.43. The van der Waals surface area contributed by atoms with Crippen LogP contribution in [-0.2, 0) is 0 Å². The third-order valence-electron chi connectivity index (χ3n) is 2.50. The highest BCUT2D eigenvalue weighted by Crippen LogP contribution is 2.45. The van der Waals surface area contributed by atoms with Crippen LogP contribution in [-0.4, -0.2) is 11.0 Å². The Hall–Kier alpha value is -1.13. The second-order valence-corrected chi connectivity index (χ2v) is 5.31. The van der Waals surface area contributed by atoms with E-state index in [4.69, 9.17) is 46.4 Å². The van der Waals surface area contributed by atoms with E-state index in [0.29, 0.717) is 5.69 Å². The normalized spacial score (nSPS) is 10.4. The van der Waals surface area contributed by atoms with Gasteiger partial charge in [0.2, 0.25) is 0 Å². The van der Waals surface area contributed by atoms with Gasteiger partial charge in [0.25, 0.3) is 5.91 Å². The minimum absolute atomic E-state index is 0.0886. The van der Waals surface area contributed by atoms with E-state index >= 15 is 0 Å². The number of benzene rings is 2. The van der Waals surface area contributed by atoms with Gasteiger partial charge in [-0.15, -0.1) is 0 Å². The smallest absolute Gasteiger partial charge is 0.261 e. The summed E-state index contributed by atoms with van der Waals surface area (Å²) in [5, 5.41) is 11.9. The summed E-state index contributed by atoms with van der Waals surface area (Å²) in [5.41, 5.74) is 0.310. The van der Waals surface area contributed by atoms with Gasteiger partial charge in [-0.25, -0.2) is 0 Å². The molecule has 0 radical (unpaired) electrons. The lowest BCUT2D eigenvalue weighted by Crippen LogP contribution is -2.13. The second kappa shape index (κ2) is 6.10. The molecule has 0 bridgehead atoms. The molecule has 0 aromatic heterocycles. The zero-order valence-electron chi connectivity index (χ0n) is 9.75. The van der Waals surface area contributed by atoms with Crippen LogP contribution >= 0.6 is 46.4 Å². The Morgan fingerprint density at radius 2 is 1.45 bits per heavy atom. The number of hydrogen-bond donors (Lipinski definition) is 2. The molecule has 1 amide bonds. The minimum Gasteiger partial charge on any atom is -0.505 e. The number of carbonyl (C=O) groups is 1. The molecule has 2 aromatic rings. The highest BCUT2D eigenvalue weighted by atomic mass is 35.5. The summed E-state index contributed by atoms with van der Waals surface area (Å²) < 4.78 is 0. The van der Waals surface area contributed by atoms with Crippen molar-refractivity contribution < 1.29 is 9.90 Å². The van der Waals surface area contributed by atoms with Crippen molar-refractivity contribution in [2.45, 2.75) is 0 Å². The number of para-hydroxylation sites is 1. The standard InChI is InChI=1S/C13H7Cl4NO2/c14-8-7(12(19)11(17)10(16)9(8)15)13(20)18-6-4-2-1-3-5-6/h1-5,19H,(H,18,20). The van der Waals surface area contributed by atoms with Crippen LogP contribution in [0.15, 0.2) is 30.3 Å². The molecule has 0 atom stereocenters. The summed E-state index contributed by atoms with van der Waals surface area (Å²) >= 11 is 23.4. The number of carbonyl (C=O) groups excluding carboxylic acids is 1. The summed E-state index contributed by atoms with van der Waals surface area (Å²) in [6.07, 6.45) is 0. The Labute approximate surface area is 135 Å². The number of anilines is 1. The molecule has 0 unspecified atom stereocenters. The average Bonchev–Trinajstić information content (AvgIpc) is 2.44. The van der Waals surface area contributed by atoms with Gasteiger partial charge in [-0.2, -0.15) is 0 Å². The molecular weight excluding hydrogens is 344 g/mol. The summed E-state index contributed by atoms with van der Waals surface area (Å²) in [7, 11) is 0. The minimum atomic E-state index is -0.640. The topological polar surface area (TPSA) is 49.3 Å². The van der Waals surface area contributed by atoms with Gasteiger partial charge in [0.15, 0.2) is 0 Å². The van der Waals surface area contributed by atoms with Gasteiger partial charge in [-0.1, -0.05) is 64.6 Å². The van der Waals surface area contributed by atoms with Crippen molar-refractivity contribution in [2.75, 3.05) is 5.32 Å². The zero-order valence-corrected chi connectivity index (χ0v) is 12.8. The third-order valence-corrected chi connectivity index (χ3v) is 4.29. The first kappa shape index (κ1) is 15.3. The number of rotatable bonds is 2. The van der Waals surface area contributed by atoms with Crippen molar-refractivity contribution in [2.24, 2.45) is 0 Å². The van der Waals surface area contributed by atoms with Gasteiger partial charge in [0.1, 0.15) is 16.3 Å². The molecule has 3 nitrogen and oxygen atoms in total. The summed E-state index contributed by atoms with van der Waals surface area (Å²) in [5.74, 6) is -1.15. The van der Waals surface area contributed by atoms with Crippen LogP contribution in [0.2, 0.25) is 20.1 Å². The second-order valence-electron chi connectivity index (χ2n) is 3.80. The van der Waals surface area contributed by atoms with Crippen molar-refractivity contribution in [3.8, 4) is 5.75 Å². The Morgan fingerprint density at radius 3 is 2.05 bits per heavy atom. The molecule has 2 rings (SSSR count). The van der Waals surface area contributed by atoms with Gasteiger partial charge in [-0.05, 0) is 12.1 Å². The highest BCUT2D eigenvalue weighted by Gasteiger charge is 2.24. The lowest BCUT2D eigenvalue weighted by Gasteiger charge is -2.12. The van der Waals surface area contributed by atoms with Gasteiger partial charge < -0.3 is 10.4 Å². The molecule has 0 saturated heterocycles. The average molecular weight is 351 g/mol. The summed E-state index contributed by atoms with van der Waals surface area (Å²) in [6, 6.07) is 8.66. The van der Waals surface area contributed by atoms with Gasteiger partial charge in [-0.3, -0.25) is 4.79 Å². The fourth-order valence-corrected chi connectivity index (χ4v) is 2.47. The predicted molar refractivity (Wildman–Crippen MR) is 82.5 cm³/mol. The predicted octanol–water partition coefficient (Wildman–Crippen LogP) is 5.26. The number of halogens is 4. The molecule has 0 spiro atoms. The molecule has 7 heteroatoms. The summed E-state index contributed by atoms with van der Waals surface area (Å²) in [4.78, 5) is 12.2. The van der Waals surface area contributed by atoms with Crippen molar-refractivity contribution in [3.63, 3.8) is 0 Å². The molecular formula is C13H7Cl4NO2. The number of phenolic OH excluding ortho intramolecular Hbond substituents is 1. The third kappa shape index (κ3) is 2.81. The molecule has 0 heterocycles. The van der Waals surface area contributed by atoms with Crippen LogP contribution in [0.25, 0.3) is 0 Å². The van der Waals surface area contributed by atoms with E-state index in [-0.39, 0.29) is 25.7 Å². The molecule has 2 aromatic carbocycles. The fourth-order valence-electron chi connectivity index (χ4n) is 1.54. The van der Waals surface area contributed by atoms with Gasteiger partial charge in [0, 0.05) is 5.69 Å². The van der Waals surface area contributed by atoms with E-state index in [1.165, 1.54) is 0 Å². The van der Waals surface area contributed by atoms with Crippen LogP contribution < -0.4 is 5.32 Å². The van der Waals surface area contributed by atoms with Crippen LogP contribution in [0, 0.1) is 0 Å². The number of hydrogen-bond acceptors (Lipinski definition) is 2. The Bertz CT molecular complexity index is 645. The SMILES string of the molecule is O=C(Nc1ccccc1)c1c(O)c(Cl)c(Cl)c(Cl)c1Cl. The molecule has 104 valence electrons. The van der Waals surface area contributed by atoms with E-state index < -0.39 is 11.7 Å². The van der Waals surface area contributed by atoms with Crippen molar-refractivity contribution in [3.05, 3.63) is 56.0 Å². The number of nitrogens with one attached hydrogen (secondary N) is 1. The van der Waals surface area contributed by atoms with Gasteiger partial charge >= 0.3 is 0 Å². The highest BCUT2D eigenvalue weighted by molar-refractivity contribution is 6.53. The first-order valence-electron chi connectivity index (χ1n) is 5.34. The van der Waals surface area contributed by atoms with Crippen molar-refractivity contribution in [1.29, 1.82) is 0 Å². The van der Waals surface area contributed by atoms with Crippen LogP contribution in [0.1, 0.15) is 10.4 Å². The Balaban J connectivity index is 2.45. The maximum Gasteiger partial charge on any atom is 0.261 e. The van der Waals surface area contributed by atoms with E-state index in [1.807, 2.05) is 0 Å². The zero-order chi connectivity index (χ0) is 14.9. The van der Waals surface area contributed by atoms with Crippen molar-refractivity contribution in [1.82, 2.24) is 0 Å². The molecule has 2 N–H and O–H groups in total. The van der Waals surface area contributed by atoms with E-state index in [1.54, 1.807) is 30.3 Å². The molecule has 20 heavy (non-hydrogen) atoms. The molecule has 0 fully saturated rings. The lowest BCUT2D eigenvalue weighted by atomic mass is 10.1. The van der Waals surface area contributed by atoms with Crippen LogP contribution in [0.3, 0.4) is 0 Å². The van der Waals surface area contributed by atoms with Crippen molar-refractivity contribution >= 4 is 58.0 Å². The Morgan fingerprint density at radius 1 is 0.900 bits per heavy atom. The van der Waals surface area contributed by atoms with Crippen LogP contribution in [0.5, 0.6) is 5.75 Å². The summed E-state index contributed by atoms with van der Waals surface area (Å²) in [6.45, 7) is 0. The van der Waals surface area contributed by atoms with E-state index in [2.05, 4.69) is 5.32 Å². The first-order valence-corrected chi connectivity index (χ1v) is 6.86. The maximum atomic E-state index is 12.2. The number of amides is 1. The number of phenols is 1. The van der Waals surface area contributed by atoms with Crippen LogP contribution in [0.4, 0.5) is 5.69 Å². The monoisotopic (exact) mass is 349 g/mol. The van der Waals surface area contributed by atoms with E-state index in [0.717, 1.165) is 0 Å². The fraction of sp³-hybridized carbons (Fsp3) is 0. The largest absolute Gasteiger partial charge is 0.505 e. The lowest BCUT2D eigenvalue weighted by molar-refractivity contribution is 0.102. The molecule has 0 saturated carbocycles. The van der Waals surface area contributed by atoms with E-state index in [9.17, 15) is 9.90 Å².